The quantitative estimate of drug-likeness (QED) is 0.664. The van der Waals surface area contributed by atoms with Crippen LogP contribution in [0.5, 0.6) is 0 Å². The van der Waals surface area contributed by atoms with Crippen LogP contribution in [0.2, 0.25) is 0 Å². The van der Waals surface area contributed by atoms with Gasteiger partial charge in [-0.25, -0.2) is 0 Å². The highest BCUT2D eigenvalue weighted by molar-refractivity contribution is 5.86. The molecule has 1 aromatic heterocycles. The fourth-order valence-corrected chi connectivity index (χ4v) is 2.96. The zero-order valence-corrected chi connectivity index (χ0v) is 13.9. The number of aromatic nitrogens is 2. The number of hydrogen-bond acceptors (Lipinski definition) is 5. The lowest BCUT2D eigenvalue weighted by Crippen LogP contribution is -2.23. The summed E-state index contributed by atoms with van der Waals surface area (Å²) in [5.41, 5.74) is 2.52. The molecule has 1 fully saturated rings. The van der Waals surface area contributed by atoms with Crippen molar-refractivity contribution >= 4 is 5.97 Å². The normalized spacial score (nSPS) is 14.9. The zero-order valence-electron chi connectivity index (χ0n) is 13.9. The molecule has 5 heteroatoms. The summed E-state index contributed by atoms with van der Waals surface area (Å²) in [5.74, 6) is 0.566. The second-order valence-corrected chi connectivity index (χ2v) is 6.41. The number of esters is 1. The number of carbonyl (C=O) groups is 1. The minimum absolute atomic E-state index is 0.00771. The Labute approximate surface area is 145 Å². The van der Waals surface area contributed by atoms with E-state index in [4.69, 9.17) is 9.26 Å². The standard InChI is InChI=1S/C20H18N2O3/c1-14-6-5-9-16(12-14)20(10-11-20)19(23)24-13-17-21-18(22-25-17)15-7-3-2-4-8-15/h2-9,12H,10-11,13H2,1H3. The molecule has 1 heterocycles. The average molecular weight is 334 g/mol. The van der Waals surface area contributed by atoms with Gasteiger partial charge < -0.3 is 9.26 Å². The summed E-state index contributed by atoms with van der Waals surface area (Å²) in [5, 5.41) is 3.93. The average Bonchev–Trinajstić information content (AvgIpc) is 3.32. The van der Waals surface area contributed by atoms with Crippen molar-refractivity contribution in [3.63, 3.8) is 0 Å². The summed E-state index contributed by atoms with van der Waals surface area (Å²) in [7, 11) is 0. The molecular weight excluding hydrogens is 316 g/mol. The van der Waals surface area contributed by atoms with Crippen LogP contribution in [0.1, 0.15) is 29.9 Å². The third-order valence-corrected chi connectivity index (χ3v) is 4.54. The van der Waals surface area contributed by atoms with E-state index >= 15 is 0 Å². The molecule has 0 aliphatic heterocycles. The van der Waals surface area contributed by atoms with Crippen LogP contribution in [-0.2, 0) is 21.6 Å². The predicted octanol–water partition coefficient (Wildman–Crippen LogP) is 3.82. The molecular formula is C20H18N2O3. The van der Waals surface area contributed by atoms with E-state index in [1.165, 1.54) is 0 Å². The van der Waals surface area contributed by atoms with Crippen molar-refractivity contribution < 1.29 is 14.1 Å². The number of aryl methyl sites for hydroxylation is 1. The van der Waals surface area contributed by atoms with E-state index in [-0.39, 0.29) is 12.6 Å². The molecule has 3 aromatic rings. The zero-order chi connectivity index (χ0) is 17.3. The molecule has 126 valence electrons. The van der Waals surface area contributed by atoms with Gasteiger partial charge in [0.05, 0.1) is 5.41 Å². The lowest BCUT2D eigenvalue weighted by atomic mass is 9.95. The van der Waals surface area contributed by atoms with Gasteiger partial charge in [-0.05, 0) is 25.3 Å². The molecule has 4 rings (SSSR count). The smallest absolute Gasteiger partial charge is 0.317 e. The Balaban J connectivity index is 1.44. The van der Waals surface area contributed by atoms with Crippen LogP contribution < -0.4 is 0 Å². The first-order chi connectivity index (χ1) is 12.2. The van der Waals surface area contributed by atoms with Crippen molar-refractivity contribution in [3.8, 4) is 11.4 Å². The first kappa shape index (κ1) is 15.6. The summed E-state index contributed by atoms with van der Waals surface area (Å²) < 4.78 is 10.7. The number of carbonyl (C=O) groups excluding carboxylic acids is 1. The molecule has 1 aliphatic carbocycles. The first-order valence-electron chi connectivity index (χ1n) is 8.30. The van der Waals surface area contributed by atoms with Gasteiger partial charge in [-0.1, -0.05) is 65.3 Å². The minimum Gasteiger partial charge on any atom is -0.455 e. The molecule has 1 aliphatic rings. The van der Waals surface area contributed by atoms with Crippen molar-refractivity contribution in [2.75, 3.05) is 0 Å². The number of nitrogens with zero attached hydrogens (tertiary/aromatic N) is 2. The Hall–Kier alpha value is -2.95. The maximum Gasteiger partial charge on any atom is 0.317 e. The van der Waals surface area contributed by atoms with Gasteiger partial charge in [-0.15, -0.1) is 0 Å². The highest BCUT2D eigenvalue weighted by Crippen LogP contribution is 2.49. The molecule has 0 unspecified atom stereocenters. The van der Waals surface area contributed by atoms with Gasteiger partial charge in [0.15, 0.2) is 6.61 Å². The Morgan fingerprint density at radius 2 is 1.96 bits per heavy atom. The van der Waals surface area contributed by atoms with E-state index in [2.05, 4.69) is 16.2 Å². The van der Waals surface area contributed by atoms with Crippen LogP contribution in [0.25, 0.3) is 11.4 Å². The molecule has 0 radical (unpaired) electrons. The fourth-order valence-electron chi connectivity index (χ4n) is 2.96. The van der Waals surface area contributed by atoms with Gasteiger partial charge >= 0.3 is 5.97 Å². The third-order valence-electron chi connectivity index (χ3n) is 4.54. The number of benzene rings is 2. The maximum atomic E-state index is 12.6. The van der Waals surface area contributed by atoms with Crippen LogP contribution in [0.4, 0.5) is 0 Å². The Morgan fingerprint density at radius 3 is 2.68 bits per heavy atom. The molecule has 0 amide bonds. The Morgan fingerprint density at radius 1 is 1.16 bits per heavy atom. The summed E-state index contributed by atoms with van der Waals surface area (Å²) in [6.07, 6.45) is 1.63. The largest absolute Gasteiger partial charge is 0.455 e. The summed E-state index contributed by atoms with van der Waals surface area (Å²) in [6.45, 7) is 2.01. The van der Waals surface area contributed by atoms with E-state index in [0.29, 0.717) is 11.7 Å². The molecule has 5 nitrogen and oxygen atoms in total. The van der Waals surface area contributed by atoms with Crippen molar-refractivity contribution in [1.29, 1.82) is 0 Å². The summed E-state index contributed by atoms with van der Waals surface area (Å²) >= 11 is 0. The van der Waals surface area contributed by atoms with Gasteiger partial charge in [-0.3, -0.25) is 4.79 Å². The molecule has 1 saturated carbocycles. The van der Waals surface area contributed by atoms with Gasteiger partial charge in [0, 0.05) is 5.56 Å². The Kier molecular flexibility index (Phi) is 3.84. The van der Waals surface area contributed by atoms with Crippen LogP contribution >= 0.6 is 0 Å². The van der Waals surface area contributed by atoms with Gasteiger partial charge in [0.25, 0.3) is 5.89 Å². The van der Waals surface area contributed by atoms with E-state index in [1.54, 1.807) is 0 Å². The van der Waals surface area contributed by atoms with Crippen molar-refractivity contribution in [2.45, 2.75) is 31.8 Å². The second-order valence-electron chi connectivity index (χ2n) is 6.41. The first-order valence-corrected chi connectivity index (χ1v) is 8.30. The topological polar surface area (TPSA) is 65.2 Å². The van der Waals surface area contributed by atoms with Gasteiger partial charge in [0.2, 0.25) is 5.82 Å². The highest BCUT2D eigenvalue weighted by atomic mass is 16.6. The van der Waals surface area contributed by atoms with Crippen molar-refractivity contribution in [2.24, 2.45) is 0 Å². The lowest BCUT2D eigenvalue weighted by Gasteiger charge is -2.14. The molecule has 25 heavy (non-hydrogen) atoms. The lowest BCUT2D eigenvalue weighted by molar-refractivity contribution is -0.148. The van der Waals surface area contributed by atoms with Crippen LogP contribution in [-0.4, -0.2) is 16.1 Å². The number of ether oxygens (including phenoxy) is 1. The molecule has 0 N–H and O–H groups in total. The molecule has 0 bridgehead atoms. The van der Waals surface area contributed by atoms with E-state index in [1.807, 2.05) is 55.5 Å². The fraction of sp³-hybridized carbons (Fsp3) is 0.250. The third kappa shape index (κ3) is 3.05. The van der Waals surface area contributed by atoms with Crippen molar-refractivity contribution in [3.05, 3.63) is 71.6 Å². The van der Waals surface area contributed by atoms with E-state index in [0.717, 1.165) is 29.5 Å². The van der Waals surface area contributed by atoms with E-state index in [9.17, 15) is 4.79 Å². The minimum atomic E-state index is -0.506. The van der Waals surface area contributed by atoms with E-state index < -0.39 is 5.41 Å². The second kappa shape index (κ2) is 6.16. The highest BCUT2D eigenvalue weighted by Gasteiger charge is 2.52. The molecule has 0 atom stereocenters. The number of rotatable bonds is 5. The summed E-state index contributed by atoms with van der Waals surface area (Å²) in [4.78, 5) is 16.9. The number of hydrogen-bond donors (Lipinski definition) is 0. The maximum absolute atomic E-state index is 12.6. The molecule has 2 aromatic carbocycles. The van der Waals surface area contributed by atoms with Crippen LogP contribution in [0.15, 0.2) is 59.1 Å². The van der Waals surface area contributed by atoms with Crippen molar-refractivity contribution in [1.82, 2.24) is 10.1 Å². The molecule has 0 saturated heterocycles. The van der Waals surface area contributed by atoms with Gasteiger partial charge in [0.1, 0.15) is 0 Å². The monoisotopic (exact) mass is 334 g/mol. The van der Waals surface area contributed by atoms with Gasteiger partial charge in [-0.2, -0.15) is 4.98 Å². The summed E-state index contributed by atoms with van der Waals surface area (Å²) in [6, 6.07) is 17.6. The predicted molar refractivity (Wildman–Crippen MR) is 91.6 cm³/mol. The van der Waals surface area contributed by atoms with Crippen LogP contribution in [0.3, 0.4) is 0 Å². The molecule has 0 spiro atoms. The Bertz CT molecular complexity index is 898. The van der Waals surface area contributed by atoms with Crippen LogP contribution in [0, 0.1) is 6.92 Å². The SMILES string of the molecule is Cc1cccc(C2(C(=O)OCc3nc(-c4ccccc4)no3)CC2)c1.